The smallest absolute Gasteiger partial charge is 0.333 e. The fourth-order valence-electron chi connectivity index (χ4n) is 1.22. The predicted octanol–water partition coefficient (Wildman–Crippen LogP) is -0.0718. The number of nitrogens with two attached hydrogens (primary N) is 1. The Morgan fingerprint density at radius 2 is 2.36 bits per heavy atom. The minimum absolute atomic E-state index is 0.000833. The van der Waals surface area contributed by atoms with Crippen LogP contribution >= 0.6 is 0 Å². The third-order valence-electron chi connectivity index (χ3n) is 1.86. The molecule has 0 saturated heterocycles. The summed E-state index contributed by atoms with van der Waals surface area (Å²) in [5.41, 5.74) is 5.71. The Balaban J connectivity index is 3.18. The summed E-state index contributed by atoms with van der Waals surface area (Å²) < 4.78 is 1.25. The molecule has 0 aliphatic heterocycles. The number of aliphatic hydroxyl groups is 1. The van der Waals surface area contributed by atoms with Gasteiger partial charge >= 0.3 is 5.69 Å². The molecule has 1 aromatic heterocycles. The van der Waals surface area contributed by atoms with Gasteiger partial charge < -0.3 is 10.8 Å². The molecule has 78 valence electrons. The molecular formula is C7H12N4O3. The van der Waals surface area contributed by atoms with Crippen molar-refractivity contribution in [1.82, 2.24) is 9.78 Å². The average molecular weight is 200 g/mol. The van der Waals surface area contributed by atoms with Gasteiger partial charge in [0, 0.05) is 0 Å². The van der Waals surface area contributed by atoms with Gasteiger partial charge in [-0.15, -0.1) is 0 Å². The van der Waals surface area contributed by atoms with Gasteiger partial charge in [0.25, 0.3) is 0 Å². The van der Waals surface area contributed by atoms with Gasteiger partial charge in [-0.3, -0.25) is 10.1 Å². The molecule has 0 amide bonds. The number of hydrogen-bond acceptors (Lipinski definition) is 5. The second kappa shape index (κ2) is 4.05. The van der Waals surface area contributed by atoms with Crippen molar-refractivity contribution in [3.05, 3.63) is 15.8 Å². The van der Waals surface area contributed by atoms with Crippen LogP contribution in [0.1, 0.15) is 12.6 Å². The molecule has 7 heteroatoms. The number of aromatic nitrogens is 2. The van der Waals surface area contributed by atoms with Crippen LogP contribution in [0.4, 0.5) is 11.5 Å². The van der Waals surface area contributed by atoms with Crippen LogP contribution in [0.2, 0.25) is 0 Å². The third kappa shape index (κ3) is 1.67. The molecule has 0 bridgehead atoms. The first-order valence-corrected chi connectivity index (χ1v) is 4.22. The summed E-state index contributed by atoms with van der Waals surface area (Å²) >= 11 is 0. The fourth-order valence-corrected chi connectivity index (χ4v) is 1.22. The third-order valence-corrected chi connectivity index (χ3v) is 1.86. The van der Waals surface area contributed by atoms with E-state index in [1.54, 1.807) is 6.92 Å². The van der Waals surface area contributed by atoms with E-state index >= 15 is 0 Å². The van der Waals surface area contributed by atoms with Crippen molar-refractivity contribution in [3.63, 3.8) is 0 Å². The van der Waals surface area contributed by atoms with Crippen LogP contribution in [-0.2, 0) is 13.0 Å². The van der Waals surface area contributed by atoms with E-state index < -0.39 is 4.92 Å². The maximum Gasteiger partial charge on any atom is 0.333 e. The average Bonchev–Trinajstić information content (AvgIpc) is 2.44. The van der Waals surface area contributed by atoms with E-state index in [0.29, 0.717) is 12.1 Å². The minimum atomic E-state index is -0.547. The maximum atomic E-state index is 10.6. The second-order valence-electron chi connectivity index (χ2n) is 2.74. The predicted molar refractivity (Wildman–Crippen MR) is 49.8 cm³/mol. The lowest BCUT2D eigenvalue weighted by molar-refractivity contribution is -0.384. The van der Waals surface area contributed by atoms with Crippen molar-refractivity contribution in [2.24, 2.45) is 0 Å². The number of hydrogen-bond donors (Lipinski definition) is 2. The van der Waals surface area contributed by atoms with Crippen LogP contribution in [0, 0.1) is 10.1 Å². The number of nitrogens with zero attached hydrogens (tertiary/aromatic N) is 3. The van der Waals surface area contributed by atoms with Gasteiger partial charge in [0.05, 0.1) is 18.1 Å². The van der Waals surface area contributed by atoms with Gasteiger partial charge in [-0.1, -0.05) is 6.92 Å². The molecule has 0 aliphatic rings. The van der Waals surface area contributed by atoms with Crippen molar-refractivity contribution in [3.8, 4) is 0 Å². The second-order valence-corrected chi connectivity index (χ2v) is 2.74. The minimum Gasteiger partial charge on any atom is -0.394 e. The monoisotopic (exact) mass is 200 g/mol. The van der Waals surface area contributed by atoms with E-state index in [1.807, 2.05) is 0 Å². The summed E-state index contributed by atoms with van der Waals surface area (Å²) in [5, 5.41) is 23.2. The summed E-state index contributed by atoms with van der Waals surface area (Å²) in [4.78, 5) is 10.1. The molecule has 1 heterocycles. The molecule has 0 fully saturated rings. The molecule has 0 saturated carbocycles. The Morgan fingerprint density at radius 3 is 2.71 bits per heavy atom. The highest BCUT2D eigenvalue weighted by atomic mass is 16.6. The number of aryl methyl sites for hydroxylation is 1. The van der Waals surface area contributed by atoms with Gasteiger partial charge in [-0.05, 0) is 6.42 Å². The fraction of sp³-hybridized carbons (Fsp3) is 0.571. The van der Waals surface area contributed by atoms with Crippen molar-refractivity contribution < 1.29 is 10.0 Å². The van der Waals surface area contributed by atoms with E-state index in [1.165, 1.54) is 4.68 Å². The Kier molecular flexibility index (Phi) is 3.03. The molecule has 0 spiro atoms. The molecular weight excluding hydrogens is 188 g/mol. The first kappa shape index (κ1) is 10.5. The molecule has 0 atom stereocenters. The zero-order valence-corrected chi connectivity index (χ0v) is 7.80. The van der Waals surface area contributed by atoms with Crippen LogP contribution in [-0.4, -0.2) is 26.4 Å². The van der Waals surface area contributed by atoms with Crippen LogP contribution in [0.25, 0.3) is 0 Å². The summed E-state index contributed by atoms with van der Waals surface area (Å²) in [6.45, 7) is 1.79. The summed E-state index contributed by atoms with van der Waals surface area (Å²) in [5.74, 6) is 0.000833. The lowest BCUT2D eigenvalue weighted by Gasteiger charge is -1.97. The molecule has 14 heavy (non-hydrogen) atoms. The first-order chi connectivity index (χ1) is 6.61. The molecule has 1 rings (SSSR count). The summed E-state index contributed by atoms with van der Waals surface area (Å²) in [7, 11) is 0. The van der Waals surface area contributed by atoms with Gasteiger partial charge in [-0.2, -0.15) is 5.10 Å². The number of aliphatic hydroxyl groups excluding tert-OH is 1. The van der Waals surface area contributed by atoms with E-state index in [9.17, 15) is 10.1 Å². The molecule has 0 radical (unpaired) electrons. The SMILES string of the molecule is CCc1nn(CCO)c(N)c1[N+](=O)[O-]. The van der Waals surface area contributed by atoms with Crippen molar-refractivity contribution in [2.75, 3.05) is 12.3 Å². The number of nitro groups is 1. The zero-order valence-electron chi connectivity index (χ0n) is 7.80. The highest BCUT2D eigenvalue weighted by Gasteiger charge is 2.24. The van der Waals surface area contributed by atoms with E-state index in [0.717, 1.165) is 0 Å². The summed E-state index contributed by atoms with van der Waals surface area (Å²) in [6, 6.07) is 0. The highest BCUT2D eigenvalue weighted by molar-refractivity contribution is 5.56. The molecule has 7 nitrogen and oxygen atoms in total. The van der Waals surface area contributed by atoms with E-state index in [-0.39, 0.29) is 24.7 Å². The van der Waals surface area contributed by atoms with E-state index in [4.69, 9.17) is 10.8 Å². The first-order valence-electron chi connectivity index (χ1n) is 4.22. The van der Waals surface area contributed by atoms with Gasteiger partial charge in [0.1, 0.15) is 5.69 Å². The topological polar surface area (TPSA) is 107 Å². The maximum absolute atomic E-state index is 10.6. The standard InChI is InChI=1S/C7H12N4O3/c1-2-5-6(11(13)14)7(8)10(9-5)3-4-12/h12H,2-4,8H2,1H3. The zero-order chi connectivity index (χ0) is 10.7. The molecule has 3 N–H and O–H groups in total. The molecule has 0 unspecified atom stereocenters. The van der Waals surface area contributed by atoms with Crippen molar-refractivity contribution in [2.45, 2.75) is 19.9 Å². The molecule has 0 aromatic carbocycles. The van der Waals surface area contributed by atoms with Gasteiger partial charge in [0.2, 0.25) is 5.82 Å². The van der Waals surface area contributed by atoms with Crippen molar-refractivity contribution in [1.29, 1.82) is 0 Å². The van der Waals surface area contributed by atoms with Crippen molar-refractivity contribution >= 4 is 11.5 Å². The molecule has 1 aromatic rings. The Morgan fingerprint density at radius 1 is 1.71 bits per heavy atom. The van der Waals surface area contributed by atoms with Crippen LogP contribution in [0.5, 0.6) is 0 Å². The normalized spacial score (nSPS) is 10.4. The highest BCUT2D eigenvalue weighted by Crippen LogP contribution is 2.25. The number of anilines is 1. The number of rotatable bonds is 4. The Labute approximate surface area is 80.3 Å². The largest absolute Gasteiger partial charge is 0.394 e. The Hall–Kier alpha value is -1.63. The Bertz CT molecular complexity index is 347. The lowest BCUT2D eigenvalue weighted by atomic mass is 10.3. The van der Waals surface area contributed by atoms with Gasteiger partial charge in [-0.25, -0.2) is 4.68 Å². The van der Waals surface area contributed by atoms with Crippen LogP contribution in [0.3, 0.4) is 0 Å². The van der Waals surface area contributed by atoms with Crippen LogP contribution < -0.4 is 5.73 Å². The summed E-state index contributed by atoms with van der Waals surface area (Å²) in [6.07, 6.45) is 0.443. The lowest BCUT2D eigenvalue weighted by Crippen LogP contribution is -2.08. The van der Waals surface area contributed by atoms with E-state index in [2.05, 4.69) is 5.10 Å². The quantitative estimate of drug-likeness (QED) is 0.522. The molecule has 0 aliphatic carbocycles. The van der Waals surface area contributed by atoms with Crippen LogP contribution in [0.15, 0.2) is 0 Å². The van der Waals surface area contributed by atoms with Gasteiger partial charge in [0.15, 0.2) is 0 Å². The number of nitrogen functional groups attached to an aromatic ring is 1.